The molecule has 0 spiro atoms. The van der Waals surface area contributed by atoms with E-state index in [1.807, 2.05) is 6.07 Å². The Morgan fingerprint density at radius 2 is 1.78 bits per heavy atom. The summed E-state index contributed by atoms with van der Waals surface area (Å²) >= 11 is 0. The van der Waals surface area contributed by atoms with Crippen LogP contribution in [0.5, 0.6) is 0 Å². The number of hydrogen-bond donors (Lipinski definition) is 0. The Bertz CT molecular complexity index is 361. The van der Waals surface area contributed by atoms with E-state index in [-0.39, 0.29) is 11.4 Å². The summed E-state index contributed by atoms with van der Waals surface area (Å²) in [6.45, 7) is 2.17. The van der Waals surface area contributed by atoms with Crippen molar-refractivity contribution in [1.29, 1.82) is 5.26 Å². The highest BCUT2D eigenvalue weighted by Crippen LogP contribution is 2.60. The average Bonchev–Trinajstić information content (AvgIpc) is 2.33. The molecular weight excluding hydrogens is 226 g/mol. The van der Waals surface area contributed by atoms with Crippen LogP contribution in [0.25, 0.3) is 0 Å². The van der Waals surface area contributed by atoms with E-state index in [9.17, 15) is 4.79 Å². The van der Waals surface area contributed by atoms with E-state index in [2.05, 4.69) is 0 Å². The number of carbonyl (C=O) groups excluding carboxylic acids is 1. The van der Waals surface area contributed by atoms with Crippen LogP contribution in [0.15, 0.2) is 0 Å². The molecule has 18 heavy (non-hydrogen) atoms. The lowest BCUT2D eigenvalue weighted by molar-refractivity contribution is -0.157. The van der Waals surface area contributed by atoms with Crippen LogP contribution in [0.1, 0.15) is 45.4 Å². The number of nitrogens with zero attached hydrogens (tertiary/aromatic N) is 1. The molecule has 0 saturated heterocycles. The summed E-state index contributed by atoms with van der Waals surface area (Å²) in [5.74, 6) is 1.67. The molecule has 0 aliphatic heterocycles. The van der Waals surface area contributed by atoms with Crippen LogP contribution in [-0.2, 0) is 9.53 Å². The van der Waals surface area contributed by atoms with Gasteiger partial charge in [0.05, 0.1) is 12.7 Å². The molecule has 4 aliphatic carbocycles. The van der Waals surface area contributed by atoms with Crippen LogP contribution in [-0.4, -0.2) is 12.6 Å². The smallest absolute Gasteiger partial charge is 0.323 e. The Hall–Kier alpha value is -1.04. The summed E-state index contributed by atoms with van der Waals surface area (Å²) < 4.78 is 5.42. The van der Waals surface area contributed by atoms with Crippen molar-refractivity contribution in [1.82, 2.24) is 0 Å². The Labute approximate surface area is 108 Å². The van der Waals surface area contributed by atoms with E-state index in [0.29, 0.717) is 6.61 Å². The summed E-state index contributed by atoms with van der Waals surface area (Å²) in [4.78, 5) is 11.6. The summed E-state index contributed by atoms with van der Waals surface area (Å²) in [6, 6.07) is 1.95. The first-order valence-electron chi connectivity index (χ1n) is 7.16. The number of hydrogen-bond acceptors (Lipinski definition) is 3. The number of ether oxygens (including phenoxy) is 1. The average molecular weight is 247 g/mol. The Kier molecular flexibility index (Phi) is 2.84. The molecule has 1 unspecified atom stereocenters. The summed E-state index contributed by atoms with van der Waals surface area (Å²) in [5.41, 5.74) is 0.263. The molecule has 1 atom stereocenters. The summed E-state index contributed by atoms with van der Waals surface area (Å²) in [6.07, 6.45) is 7.94. The molecule has 0 amide bonds. The Balaban J connectivity index is 1.63. The molecule has 0 aromatic rings. The van der Waals surface area contributed by atoms with Crippen molar-refractivity contribution in [2.24, 2.45) is 29.1 Å². The molecular formula is C15H21NO2. The molecule has 4 fully saturated rings. The van der Waals surface area contributed by atoms with Gasteiger partial charge in [-0.25, -0.2) is 0 Å². The predicted molar refractivity (Wildman–Crippen MR) is 66.3 cm³/mol. The third-order valence-corrected chi connectivity index (χ3v) is 5.23. The molecule has 0 N–H and O–H groups in total. The lowest BCUT2D eigenvalue weighted by atomic mass is 9.50. The summed E-state index contributed by atoms with van der Waals surface area (Å²) in [7, 11) is 0. The van der Waals surface area contributed by atoms with Gasteiger partial charge in [0.1, 0.15) is 5.92 Å². The molecule has 0 heterocycles. The SMILES string of the molecule is CC(C#N)C(=O)OCC12CC3CC(CC(C3)C1)C2. The van der Waals surface area contributed by atoms with E-state index in [0.717, 1.165) is 17.8 Å². The van der Waals surface area contributed by atoms with Crippen LogP contribution in [0.2, 0.25) is 0 Å². The maximum Gasteiger partial charge on any atom is 0.323 e. The van der Waals surface area contributed by atoms with Crippen molar-refractivity contribution >= 4 is 5.97 Å². The van der Waals surface area contributed by atoms with Crippen LogP contribution in [0.3, 0.4) is 0 Å². The van der Waals surface area contributed by atoms with Gasteiger partial charge in [-0.1, -0.05) is 0 Å². The van der Waals surface area contributed by atoms with Gasteiger partial charge >= 0.3 is 5.97 Å². The molecule has 4 bridgehead atoms. The fourth-order valence-corrected chi connectivity index (χ4v) is 4.87. The highest BCUT2D eigenvalue weighted by Gasteiger charge is 2.51. The first kappa shape index (κ1) is 12.0. The molecule has 4 rings (SSSR count). The van der Waals surface area contributed by atoms with Crippen molar-refractivity contribution in [2.45, 2.75) is 45.4 Å². The van der Waals surface area contributed by atoms with Crippen LogP contribution in [0, 0.1) is 40.4 Å². The Morgan fingerprint density at radius 1 is 1.28 bits per heavy atom. The fraction of sp³-hybridized carbons (Fsp3) is 0.867. The predicted octanol–water partition coefficient (Wildman–Crippen LogP) is 2.91. The van der Waals surface area contributed by atoms with Gasteiger partial charge in [-0.3, -0.25) is 4.79 Å². The largest absolute Gasteiger partial charge is 0.464 e. The van der Waals surface area contributed by atoms with E-state index < -0.39 is 5.92 Å². The zero-order valence-electron chi connectivity index (χ0n) is 11.0. The van der Waals surface area contributed by atoms with Gasteiger partial charge in [-0.05, 0) is 63.2 Å². The second kappa shape index (κ2) is 4.26. The van der Waals surface area contributed by atoms with Crippen LogP contribution in [0.4, 0.5) is 0 Å². The maximum atomic E-state index is 11.6. The van der Waals surface area contributed by atoms with Crippen molar-refractivity contribution in [3.8, 4) is 6.07 Å². The van der Waals surface area contributed by atoms with E-state index in [1.165, 1.54) is 38.5 Å². The molecule has 0 aromatic heterocycles. The van der Waals surface area contributed by atoms with Gasteiger partial charge in [0, 0.05) is 5.41 Å². The van der Waals surface area contributed by atoms with E-state index >= 15 is 0 Å². The van der Waals surface area contributed by atoms with Gasteiger partial charge in [-0.2, -0.15) is 5.26 Å². The second-order valence-electron chi connectivity index (χ2n) is 6.88. The minimum atomic E-state index is -0.626. The number of carbonyl (C=O) groups is 1. The lowest BCUT2D eigenvalue weighted by Gasteiger charge is -2.56. The highest BCUT2D eigenvalue weighted by molar-refractivity contribution is 5.74. The van der Waals surface area contributed by atoms with Crippen molar-refractivity contribution in [3.05, 3.63) is 0 Å². The maximum absolute atomic E-state index is 11.6. The molecule has 0 radical (unpaired) electrons. The standard InChI is InChI=1S/C15H21NO2/c1-10(8-16)14(17)18-9-15-5-11-2-12(6-15)4-13(3-11)7-15/h10-13H,2-7,9H2,1H3. The van der Waals surface area contributed by atoms with Crippen LogP contribution < -0.4 is 0 Å². The number of esters is 1. The topological polar surface area (TPSA) is 50.1 Å². The highest BCUT2D eigenvalue weighted by atomic mass is 16.5. The zero-order valence-corrected chi connectivity index (χ0v) is 11.0. The third-order valence-electron chi connectivity index (χ3n) is 5.23. The van der Waals surface area contributed by atoms with Gasteiger partial charge in [0.25, 0.3) is 0 Å². The van der Waals surface area contributed by atoms with Gasteiger partial charge in [0.15, 0.2) is 0 Å². The lowest BCUT2D eigenvalue weighted by Crippen LogP contribution is -2.48. The quantitative estimate of drug-likeness (QED) is 0.720. The zero-order chi connectivity index (χ0) is 12.8. The monoisotopic (exact) mass is 247 g/mol. The molecule has 3 nitrogen and oxygen atoms in total. The van der Waals surface area contributed by atoms with Crippen molar-refractivity contribution < 1.29 is 9.53 Å². The molecule has 4 saturated carbocycles. The van der Waals surface area contributed by atoms with Gasteiger partial charge in [0.2, 0.25) is 0 Å². The minimum absolute atomic E-state index is 0.263. The number of rotatable bonds is 3. The third kappa shape index (κ3) is 2.02. The van der Waals surface area contributed by atoms with E-state index in [4.69, 9.17) is 10.00 Å². The number of nitriles is 1. The molecule has 0 aromatic carbocycles. The molecule has 4 aliphatic rings. The van der Waals surface area contributed by atoms with Gasteiger partial charge < -0.3 is 4.74 Å². The minimum Gasteiger partial charge on any atom is -0.464 e. The van der Waals surface area contributed by atoms with Crippen LogP contribution >= 0.6 is 0 Å². The van der Waals surface area contributed by atoms with E-state index in [1.54, 1.807) is 6.92 Å². The molecule has 3 heteroatoms. The normalized spacial score (nSPS) is 42.3. The first-order valence-corrected chi connectivity index (χ1v) is 7.16. The molecule has 98 valence electrons. The Morgan fingerprint density at radius 3 is 2.22 bits per heavy atom. The second-order valence-corrected chi connectivity index (χ2v) is 6.88. The fourth-order valence-electron chi connectivity index (χ4n) is 4.87. The van der Waals surface area contributed by atoms with Crippen molar-refractivity contribution in [3.63, 3.8) is 0 Å². The first-order chi connectivity index (χ1) is 8.60. The van der Waals surface area contributed by atoms with Crippen molar-refractivity contribution in [2.75, 3.05) is 6.61 Å². The van der Waals surface area contributed by atoms with Gasteiger partial charge in [-0.15, -0.1) is 0 Å². The summed E-state index contributed by atoms with van der Waals surface area (Å²) in [5, 5.41) is 8.72.